The Hall–Kier alpha value is -3.65. The lowest BCUT2D eigenvalue weighted by atomic mass is 10.0. The summed E-state index contributed by atoms with van der Waals surface area (Å²) in [4.78, 5) is 29.4. The smallest absolute Gasteiger partial charge is 0.243 e. The number of rotatable bonds is 13. The third-order valence-corrected chi connectivity index (χ3v) is 8.84. The van der Waals surface area contributed by atoms with E-state index in [-0.39, 0.29) is 30.8 Å². The molecular formula is C33H41N3O4S. The normalized spacial score (nSPS) is 14.4. The van der Waals surface area contributed by atoms with Crippen molar-refractivity contribution in [2.75, 3.05) is 17.1 Å². The fraction of sp³-hybridized carbons (Fsp3) is 0.394. The monoisotopic (exact) mass is 575 g/mol. The fourth-order valence-electron chi connectivity index (χ4n) is 5.42. The fourth-order valence-corrected chi connectivity index (χ4v) is 6.38. The predicted molar refractivity (Wildman–Crippen MR) is 164 cm³/mol. The highest BCUT2D eigenvalue weighted by Gasteiger charge is 2.32. The van der Waals surface area contributed by atoms with E-state index in [1.807, 2.05) is 79.7 Å². The highest BCUT2D eigenvalue weighted by molar-refractivity contribution is 7.92. The van der Waals surface area contributed by atoms with Crippen LogP contribution in [0.5, 0.6) is 0 Å². The molecule has 3 aromatic rings. The van der Waals surface area contributed by atoms with E-state index in [9.17, 15) is 18.0 Å². The van der Waals surface area contributed by atoms with Crippen LogP contribution in [0.3, 0.4) is 0 Å². The lowest BCUT2D eigenvalue weighted by Crippen LogP contribution is -2.52. The van der Waals surface area contributed by atoms with Gasteiger partial charge in [0.15, 0.2) is 0 Å². The Kier molecular flexibility index (Phi) is 10.6. The third-order valence-electron chi connectivity index (χ3n) is 7.64. The maximum atomic E-state index is 13.9. The first kappa shape index (κ1) is 30.3. The number of nitrogens with zero attached hydrogens (tertiary/aromatic N) is 2. The first-order valence-electron chi connectivity index (χ1n) is 14.4. The average molecular weight is 576 g/mol. The van der Waals surface area contributed by atoms with Gasteiger partial charge >= 0.3 is 0 Å². The molecule has 3 aromatic carbocycles. The van der Waals surface area contributed by atoms with Crippen LogP contribution in [-0.4, -0.2) is 50.0 Å². The molecule has 1 unspecified atom stereocenters. The largest absolute Gasteiger partial charge is 0.352 e. The first-order valence-corrected chi connectivity index (χ1v) is 16.3. The van der Waals surface area contributed by atoms with Gasteiger partial charge in [0.2, 0.25) is 21.8 Å². The second-order valence-electron chi connectivity index (χ2n) is 11.0. The summed E-state index contributed by atoms with van der Waals surface area (Å²) in [6.07, 6.45) is 6.13. The van der Waals surface area contributed by atoms with Crippen molar-refractivity contribution in [2.24, 2.45) is 0 Å². The van der Waals surface area contributed by atoms with E-state index < -0.39 is 16.1 Å². The van der Waals surface area contributed by atoms with Crippen molar-refractivity contribution in [3.05, 3.63) is 102 Å². The maximum absolute atomic E-state index is 13.9. The summed E-state index contributed by atoms with van der Waals surface area (Å²) in [5, 5.41) is 3.22. The topological polar surface area (TPSA) is 86.8 Å². The van der Waals surface area contributed by atoms with Crippen LogP contribution < -0.4 is 9.62 Å². The van der Waals surface area contributed by atoms with Gasteiger partial charge in [-0.3, -0.25) is 13.9 Å². The van der Waals surface area contributed by atoms with Gasteiger partial charge in [0.25, 0.3) is 0 Å². The van der Waals surface area contributed by atoms with E-state index in [1.54, 1.807) is 17.0 Å². The second kappa shape index (κ2) is 14.3. The summed E-state index contributed by atoms with van der Waals surface area (Å²) in [7, 11) is -3.54. The zero-order valence-corrected chi connectivity index (χ0v) is 24.9. The van der Waals surface area contributed by atoms with Crippen LogP contribution in [0.2, 0.25) is 0 Å². The lowest BCUT2D eigenvalue weighted by Gasteiger charge is -2.33. The summed E-state index contributed by atoms with van der Waals surface area (Å²) < 4.78 is 26.6. The minimum atomic E-state index is -3.54. The average Bonchev–Trinajstić information content (AvgIpc) is 3.47. The number of carbonyl (C=O) groups excluding carboxylic acids is 2. The summed E-state index contributed by atoms with van der Waals surface area (Å²) in [6.45, 7) is 2.41. The van der Waals surface area contributed by atoms with Crippen molar-refractivity contribution >= 4 is 27.5 Å². The minimum absolute atomic E-state index is 0.118. The summed E-state index contributed by atoms with van der Waals surface area (Å²) in [6, 6.07) is 26.2. The van der Waals surface area contributed by atoms with E-state index >= 15 is 0 Å². The van der Waals surface area contributed by atoms with Gasteiger partial charge in [0.1, 0.15) is 6.04 Å². The lowest BCUT2D eigenvalue weighted by molar-refractivity contribution is -0.141. The van der Waals surface area contributed by atoms with E-state index in [2.05, 4.69) is 5.32 Å². The molecule has 1 aliphatic rings. The standard InChI is InChI=1S/C33H41N3O4S/c1-26-19-21-30(22-20-26)36(41(2,39)40)23-11-18-32(37)35(25-28-14-7-4-8-15-28)31(24-27-12-5-3-6-13-27)33(38)34-29-16-9-10-17-29/h3-8,12-15,19-22,29,31H,9-11,16-18,23-25H2,1-2H3,(H,34,38). The molecule has 0 aliphatic heterocycles. The van der Waals surface area contributed by atoms with Crippen molar-refractivity contribution < 1.29 is 18.0 Å². The Bertz CT molecular complexity index is 1370. The molecule has 41 heavy (non-hydrogen) atoms. The van der Waals surface area contributed by atoms with Gasteiger partial charge in [0, 0.05) is 32.0 Å². The number of aryl methyl sites for hydroxylation is 1. The summed E-state index contributed by atoms with van der Waals surface area (Å²) >= 11 is 0. The van der Waals surface area contributed by atoms with Crippen LogP contribution in [0, 0.1) is 6.92 Å². The van der Waals surface area contributed by atoms with Crippen molar-refractivity contribution in [2.45, 2.75) is 70.5 Å². The Labute approximate surface area is 244 Å². The summed E-state index contributed by atoms with van der Waals surface area (Å²) in [5.74, 6) is -0.309. The van der Waals surface area contributed by atoms with Crippen molar-refractivity contribution in [1.82, 2.24) is 10.2 Å². The number of hydrogen-bond donors (Lipinski definition) is 1. The van der Waals surface area contributed by atoms with Gasteiger partial charge in [-0.15, -0.1) is 0 Å². The number of carbonyl (C=O) groups is 2. The van der Waals surface area contributed by atoms with Gasteiger partial charge in [-0.05, 0) is 49.4 Å². The molecule has 1 aliphatic carbocycles. The van der Waals surface area contributed by atoms with E-state index in [0.717, 1.165) is 42.4 Å². The highest BCUT2D eigenvalue weighted by Crippen LogP contribution is 2.22. The summed E-state index contributed by atoms with van der Waals surface area (Å²) in [5.41, 5.74) is 3.52. The van der Waals surface area contributed by atoms with Gasteiger partial charge in [0.05, 0.1) is 11.9 Å². The molecule has 0 spiro atoms. The molecule has 1 saturated carbocycles. The molecule has 1 fully saturated rings. The van der Waals surface area contributed by atoms with E-state index in [0.29, 0.717) is 25.1 Å². The Morgan fingerprint density at radius 2 is 1.46 bits per heavy atom. The van der Waals surface area contributed by atoms with E-state index in [4.69, 9.17) is 0 Å². The number of anilines is 1. The van der Waals surface area contributed by atoms with Crippen LogP contribution in [0.25, 0.3) is 0 Å². The molecular weight excluding hydrogens is 534 g/mol. The Balaban J connectivity index is 1.56. The van der Waals surface area contributed by atoms with Crippen molar-refractivity contribution in [3.63, 3.8) is 0 Å². The van der Waals surface area contributed by atoms with Crippen molar-refractivity contribution in [1.29, 1.82) is 0 Å². The van der Waals surface area contributed by atoms with Gasteiger partial charge in [-0.25, -0.2) is 8.42 Å². The number of nitrogens with one attached hydrogen (secondary N) is 1. The highest BCUT2D eigenvalue weighted by atomic mass is 32.2. The van der Waals surface area contributed by atoms with Crippen LogP contribution >= 0.6 is 0 Å². The SMILES string of the molecule is Cc1ccc(N(CCCC(=O)N(Cc2ccccc2)C(Cc2ccccc2)C(=O)NC2CCCC2)S(C)(=O)=O)cc1. The molecule has 7 nitrogen and oxygen atoms in total. The molecule has 0 bridgehead atoms. The first-order chi connectivity index (χ1) is 19.7. The zero-order valence-electron chi connectivity index (χ0n) is 24.0. The van der Waals surface area contributed by atoms with Crippen LogP contribution in [0.1, 0.15) is 55.2 Å². The minimum Gasteiger partial charge on any atom is -0.352 e. The van der Waals surface area contributed by atoms with Gasteiger partial charge in [-0.1, -0.05) is 91.2 Å². The zero-order chi connectivity index (χ0) is 29.2. The number of benzene rings is 3. The number of hydrogen-bond acceptors (Lipinski definition) is 4. The molecule has 1 atom stereocenters. The number of sulfonamides is 1. The molecule has 0 aromatic heterocycles. The predicted octanol–water partition coefficient (Wildman–Crippen LogP) is 5.24. The third kappa shape index (κ3) is 8.92. The Morgan fingerprint density at radius 1 is 0.878 bits per heavy atom. The van der Waals surface area contributed by atoms with Gasteiger partial charge in [-0.2, -0.15) is 0 Å². The molecule has 8 heteroatoms. The van der Waals surface area contributed by atoms with Crippen LogP contribution in [0.4, 0.5) is 5.69 Å². The molecule has 1 N–H and O–H groups in total. The van der Waals surface area contributed by atoms with E-state index in [1.165, 1.54) is 10.6 Å². The second-order valence-corrected chi connectivity index (χ2v) is 12.9. The maximum Gasteiger partial charge on any atom is 0.243 e. The van der Waals surface area contributed by atoms with Crippen LogP contribution in [0.15, 0.2) is 84.9 Å². The number of amides is 2. The Morgan fingerprint density at radius 3 is 2.05 bits per heavy atom. The molecule has 0 heterocycles. The van der Waals surface area contributed by atoms with Crippen molar-refractivity contribution in [3.8, 4) is 0 Å². The van der Waals surface area contributed by atoms with Crippen LogP contribution in [-0.2, 0) is 32.6 Å². The molecule has 218 valence electrons. The molecule has 2 amide bonds. The molecule has 4 rings (SSSR count). The van der Waals surface area contributed by atoms with Gasteiger partial charge < -0.3 is 10.2 Å². The molecule has 0 radical (unpaired) electrons. The molecule has 0 saturated heterocycles. The quantitative estimate of drug-likeness (QED) is 0.302.